The smallest absolute Gasteiger partial charge is 0.335 e. The molecule has 0 bridgehead atoms. The molecule has 1 aromatic heterocycles. The van der Waals surface area contributed by atoms with Gasteiger partial charge in [0.15, 0.2) is 5.16 Å². The fourth-order valence-electron chi connectivity index (χ4n) is 2.31. The zero-order valence-corrected chi connectivity index (χ0v) is 15.0. The minimum atomic E-state index is -0.969. The van der Waals surface area contributed by atoms with Gasteiger partial charge < -0.3 is 5.11 Å². The van der Waals surface area contributed by atoms with Crippen LogP contribution in [0.15, 0.2) is 59.8 Å². The lowest BCUT2D eigenvalue weighted by molar-refractivity contribution is 0.0697. The lowest BCUT2D eigenvalue weighted by atomic mass is 10.1. The van der Waals surface area contributed by atoms with Crippen LogP contribution in [0.2, 0.25) is 5.15 Å². The van der Waals surface area contributed by atoms with E-state index in [-0.39, 0.29) is 16.4 Å². The number of rotatable bonds is 5. The van der Waals surface area contributed by atoms with Crippen LogP contribution in [0, 0.1) is 6.57 Å². The molecule has 3 rings (SSSR count). The summed E-state index contributed by atoms with van der Waals surface area (Å²) < 4.78 is 0. The number of nitrogens with zero attached hydrogens (tertiary/aromatic N) is 3. The molecular formula is C19H12ClN3O2S. The molecule has 128 valence electrons. The van der Waals surface area contributed by atoms with E-state index >= 15 is 0 Å². The first-order chi connectivity index (χ1) is 12.6. The van der Waals surface area contributed by atoms with E-state index in [9.17, 15) is 4.79 Å². The van der Waals surface area contributed by atoms with Crippen LogP contribution < -0.4 is 0 Å². The number of carboxylic acid groups (broad SMARTS) is 1. The summed E-state index contributed by atoms with van der Waals surface area (Å²) in [5.41, 5.74) is 2.57. The number of carbonyl (C=O) groups is 1. The molecule has 7 heteroatoms. The van der Waals surface area contributed by atoms with Crippen molar-refractivity contribution in [1.82, 2.24) is 9.97 Å². The molecule has 0 atom stereocenters. The lowest BCUT2D eigenvalue weighted by Crippen LogP contribution is -1.97. The Labute approximate surface area is 159 Å². The molecule has 0 amide bonds. The van der Waals surface area contributed by atoms with Gasteiger partial charge in [-0.2, -0.15) is 0 Å². The maximum absolute atomic E-state index is 11.1. The Morgan fingerprint density at radius 1 is 1.15 bits per heavy atom. The molecule has 5 nitrogen and oxygen atoms in total. The van der Waals surface area contributed by atoms with Gasteiger partial charge in [-0.1, -0.05) is 65.8 Å². The number of benzene rings is 2. The molecule has 0 unspecified atom stereocenters. The SMILES string of the molecule is [C-]#[N+]c1c(Cl)nc(SCc2cccc(C(=O)O)c2)nc1-c1ccccc1. The van der Waals surface area contributed by atoms with Crippen LogP contribution in [0.5, 0.6) is 0 Å². The molecule has 2 aromatic carbocycles. The summed E-state index contributed by atoms with van der Waals surface area (Å²) in [4.78, 5) is 23.2. The molecule has 3 aromatic rings. The summed E-state index contributed by atoms with van der Waals surface area (Å²) in [5.74, 6) is -0.479. The molecule has 1 heterocycles. The highest BCUT2D eigenvalue weighted by Gasteiger charge is 2.15. The van der Waals surface area contributed by atoms with Gasteiger partial charge >= 0.3 is 5.97 Å². The van der Waals surface area contributed by atoms with E-state index in [0.29, 0.717) is 16.6 Å². The normalized spacial score (nSPS) is 10.3. The van der Waals surface area contributed by atoms with Gasteiger partial charge in [-0.25, -0.2) is 19.6 Å². The number of thioether (sulfide) groups is 1. The fourth-order valence-corrected chi connectivity index (χ4v) is 3.36. The Balaban J connectivity index is 1.90. The summed E-state index contributed by atoms with van der Waals surface area (Å²) in [6.07, 6.45) is 0. The zero-order chi connectivity index (χ0) is 18.5. The van der Waals surface area contributed by atoms with Crippen molar-refractivity contribution in [3.8, 4) is 11.3 Å². The van der Waals surface area contributed by atoms with E-state index in [4.69, 9.17) is 23.3 Å². The van der Waals surface area contributed by atoms with Gasteiger partial charge in [-0.15, -0.1) is 0 Å². The first kappa shape index (κ1) is 17.9. The number of halogens is 1. The molecule has 0 saturated heterocycles. The minimum absolute atomic E-state index is 0.107. The van der Waals surface area contributed by atoms with Crippen LogP contribution in [0.3, 0.4) is 0 Å². The summed E-state index contributed by atoms with van der Waals surface area (Å²) in [7, 11) is 0. The van der Waals surface area contributed by atoms with Crippen molar-refractivity contribution in [2.75, 3.05) is 0 Å². The fraction of sp³-hybridized carbons (Fsp3) is 0.0526. The highest BCUT2D eigenvalue weighted by molar-refractivity contribution is 7.98. The van der Waals surface area contributed by atoms with Crippen LogP contribution in [-0.4, -0.2) is 21.0 Å². The quantitative estimate of drug-likeness (QED) is 0.279. The predicted molar refractivity (Wildman–Crippen MR) is 102 cm³/mol. The molecule has 0 aliphatic rings. The Hall–Kier alpha value is -2.88. The van der Waals surface area contributed by atoms with E-state index in [1.54, 1.807) is 18.2 Å². The molecule has 26 heavy (non-hydrogen) atoms. The van der Waals surface area contributed by atoms with Gasteiger partial charge in [0, 0.05) is 5.75 Å². The van der Waals surface area contributed by atoms with E-state index < -0.39 is 5.97 Å². The number of aromatic nitrogens is 2. The number of aromatic carboxylic acids is 1. The van der Waals surface area contributed by atoms with Crippen molar-refractivity contribution in [1.29, 1.82) is 0 Å². The third-order valence-corrected chi connectivity index (χ3v) is 4.70. The second kappa shape index (κ2) is 8.00. The van der Waals surface area contributed by atoms with Crippen molar-refractivity contribution < 1.29 is 9.90 Å². The van der Waals surface area contributed by atoms with Crippen LogP contribution in [0.25, 0.3) is 16.1 Å². The summed E-state index contributed by atoms with van der Waals surface area (Å²) in [6, 6.07) is 16.0. The average molecular weight is 382 g/mol. The highest BCUT2D eigenvalue weighted by atomic mass is 35.5. The van der Waals surface area contributed by atoms with E-state index in [1.807, 2.05) is 36.4 Å². The topological polar surface area (TPSA) is 67.4 Å². The van der Waals surface area contributed by atoms with Crippen molar-refractivity contribution in [2.24, 2.45) is 0 Å². The van der Waals surface area contributed by atoms with Crippen LogP contribution in [0.1, 0.15) is 15.9 Å². The molecule has 0 radical (unpaired) electrons. The molecule has 0 fully saturated rings. The largest absolute Gasteiger partial charge is 0.478 e. The second-order valence-electron chi connectivity index (χ2n) is 5.27. The first-order valence-electron chi connectivity index (χ1n) is 7.54. The third kappa shape index (κ3) is 4.02. The Morgan fingerprint density at radius 3 is 2.62 bits per heavy atom. The van der Waals surface area contributed by atoms with E-state index in [1.165, 1.54) is 11.8 Å². The number of hydrogen-bond donors (Lipinski definition) is 1. The first-order valence-corrected chi connectivity index (χ1v) is 8.90. The summed E-state index contributed by atoms with van der Waals surface area (Å²) in [5, 5.41) is 9.61. The van der Waals surface area contributed by atoms with Gasteiger partial charge in [0.05, 0.1) is 17.8 Å². The van der Waals surface area contributed by atoms with Crippen LogP contribution in [0.4, 0.5) is 5.69 Å². The van der Waals surface area contributed by atoms with Crippen LogP contribution >= 0.6 is 23.4 Å². The maximum atomic E-state index is 11.1. The molecule has 0 spiro atoms. The summed E-state index contributed by atoms with van der Waals surface area (Å²) in [6.45, 7) is 7.34. The van der Waals surface area contributed by atoms with Gasteiger partial charge in [-0.3, -0.25) is 0 Å². The zero-order valence-electron chi connectivity index (χ0n) is 13.4. The van der Waals surface area contributed by atoms with Gasteiger partial charge in [0.25, 0.3) is 0 Å². The number of carboxylic acids is 1. The Bertz CT molecular complexity index is 1000. The molecule has 0 saturated carbocycles. The second-order valence-corrected chi connectivity index (χ2v) is 6.57. The van der Waals surface area contributed by atoms with Gasteiger partial charge in [0.2, 0.25) is 5.69 Å². The molecule has 1 N–H and O–H groups in total. The minimum Gasteiger partial charge on any atom is -0.478 e. The molecule has 0 aliphatic heterocycles. The van der Waals surface area contributed by atoms with E-state index in [2.05, 4.69) is 14.8 Å². The summed E-state index contributed by atoms with van der Waals surface area (Å²) >= 11 is 7.51. The predicted octanol–water partition coefficient (Wildman–Crippen LogP) is 5.34. The van der Waals surface area contributed by atoms with Gasteiger partial charge in [0.1, 0.15) is 5.15 Å². The van der Waals surface area contributed by atoms with Gasteiger partial charge in [-0.05, 0) is 23.3 Å². The molecule has 0 aliphatic carbocycles. The van der Waals surface area contributed by atoms with Crippen LogP contribution in [-0.2, 0) is 5.75 Å². The maximum Gasteiger partial charge on any atom is 0.335 e. The Morgan fingerprint density at radius 2 is 1.92 bits per heavy atom. The third-order valence-electron chi connectivity index (χ3n) is 3.52. The Kier molecular flexibility index (Phi) is 5.52. The van der Waals surface area contributed by atoms with Crippen molar-refractivity contribution in [3.05, 3.63) is 82.3 Å². The van der Waals surface area contributed by atoms with Crippen molar-refractivity contribution >= 4 is 35.0 Å². The highest BCUT2D eigenvalue weighted by Crippen LogP contribution is 2.36. The van der Waals surface area contributed by atoms with Crippen molar-refractivity contribution in [3.63, 3.8) is 0 Å². The monoisotopic (exact) mass is 381 g/mol. The lowest BCUT2D eigenvalue weighted by Gasteiger charge is -2.08. The standard InChI is InChI=1S/C19H12ClN3O2S/c1-21-16-15(13-7-3-2-4-8-13)22-19(23-17(16)20)26-11-12-6-5-9-14(10-12)18(24)25/h2-10H,11H2,(H,24,25). The number of hydrogen-bond acceptors (Lipinski definition) is 4. The molecular weight excluding hydrogens is 370 g/mol. The average Bonchev–Trinajstić information content (AvgIpc) is 2.67. The van der Waals surface area contributed by atoms with Crippen molar-refractivity contribution in [2.45, 2.75) is 10.9 Å². The van der Waals surface area contributed by atoms with E-state index in [0.717, 1.165) is 11.1 Å².